The molecule has 19 heavy (non-hydrogen) atoms. The van der Waals surface area contributed by atoms with Gasteiger partial charge in [-0.05, 0) is 49.7 Å². The molecule has 2 aromatic rings. The summed E-state index contributed by atoms with van der Waals surface area (Å²) in [6.45, 7) is 5.43. The van der Waals surface area contributed by atoms with Crippen LogP contribution in [-0.2, 0) is 6.61 Å². The molecule has 0 saturated heterocycles. The first-order valence-electron chi connectivity index (χ1n) is 6.28. The molecule has 0 aliphatic rings. The van der Waals surface area contributed by atoms with Crippen molar-refractivity contribution < 1.29 is 4.74 Å². The zero-order valence-corrected chi connectivity index (χ0v) is 12.7. The first-order valence-corrected chi connectivity index (χ1v) is 7.07. The molecule has 0 fully saturated rings. The molecule has 1 heterocycles. The fourth-order valence-corrected chi connectivity index (χ4v) is 1.95. The maximum atomic E-state index is 5.75. The summed E-state index contributed by atoms with van der Waals surface area (Å²) >= 11 is 3.48. The van der Waals surface area contributed by atoms with Crippen LogP contribution in [0.25, 0.3) is 0 Å². The van der Waals surface area contributed by atoms with Crippen molar-refractivity contribution >= 4 is 21.7 Å². The van der Waals surface area contributed by atoms with E-state index in [9.17, 15) is 0 Å². The molecule has 0 amide bonds. The molecule has 0 atom stereocenters. The quantitative estimate of drug-likeness (QED) is 0.898. The largest absolute Gasteiger partial charge is 0.487 e. The number of nitrogens with zero attached hydrogens (tertiary/aromatic N) is 1. The van der Waals surface area contributed by atoms with Crippen molar-refractivity contribution in [2.75, 3.05) is 11.9 Å². The van der Waals surface area contributed by atoms with E-state index >= 15 is 0 Å². The van der Waals surface area contributed by atoms with Crippen LogP contribution in [0.5, 0.6) is 5.75 Å². The van der Waals surface area contributed by atoms with Crippen LogP contribution in [0.15, 0.2) is 40.9 Å². The maximum absolute atomic E-state index is 5.75. The average molecular weight is 321 g/mol. The van der Waals surface area contributed by atoms with Crippen molar-refractivity contribution in [2.45, 2.75) is 20.5 Å². The lowest BCUT2D eigenvalue weighted by Gasteiger charge is -2.09. The van der Waals surface area contributed by atoms with E-state index < -0.39 is 0 Å². The summed E-state index contributed by atoms with van der Waals surface area (Å²) in [6.07, 6.45) is 0. The molecule has 1 N–H and O–H groups in total. The second-order valence-corrected chi connectivity index (χ2v) is 5.10. The van der Waals surface area contributed by atoms with Gasteiger partial charge in [0.15, 0.2) is 0 Å². The minimum atomic E-state index is 0.473. The van der Waals surface area contributed by atoms with Gasteiger partial charge in [-0.25, -0.2) is 4.98 Å². The van der Waals surface area contributed by atoms with E-state index in [1.54, 1.807) is 0 Å². The van der Waals surface area contributed by atoms with Crippen molar-refractivity contribution in [2.24, 2.45) is 0 Å². The lowest BCUT2D eigenvalue weighted by molar-refractivity contribution is 0.301. The Kier molecular flexibility index (Phi) is 4.80. The Morgan fingerprint density at radius 1 is 1.26 bits per heavy atom. The Morgan fingerprint density at radius 2 is 2.11 bits per heavy atom. The van der Waals surface area contributed by atoms with Crippen LogP contribution in [0.2, 0.25) is 0 Å². The average Bonchev–Trinajstić information content (AvgIpc) is 2.41. The van der Waals surface area contributed by atoms with Crippen LogP contribution in [-0.4, -0.2) is 11.5 Å². The number of hydrogen-bond acceptors (Lipinski definition) is 3. The lowest BCUT2D eigenvalue weighted by Crippen LogP contribution is -2.03. The van der Waals surface area contributed by atoms with Crippen molar-refractivity contribution in [3.05, 3.63) is 52.1 Å². The van der Waals surface area contributed by atoms with Crippen LogP contribution < -0.4 is 10.1 Å². The van der Waals surface area contributed by atoms with E-state index in [2.05, 4.69) is 33.2 Å². The van der Waals surface area contributed by atoms with Gasteiger partial charge in [0.25, 0.3) is 0 Å². The molecule has 4 heteroatoms. The Morgan fingerprint density at radius 3 is 2.84 bits per heavy atom. The highest BCUT2D eigenvalue weighted by Gasteiger charge is 2.01. The number of halogens is 1. The Bertz CT molecular complexity index is 558. The standard InChI is InChI=1S/C15H17BrN2O/c1-3-17-15-6-4-5-12(18-15)10-19-13-7-8-14(16)11(2)9-13/h4-9H,3,10H2,1-2H3,(H,17,18). The van der Waals surface area contributed by atoms with Gasteiger partial charge in [0.1, 0.15) is 18.2 Å². The smallest absolute Gasteiger partial charge is 0.130 e. The number of anilines is 1. The molecule has 0 unspecified atom stereocenters. The SMILES string of the molecule is CCNc1cccc(COc2ccc(Br)c(C)c2)n1. The molecule has 0 spiro atoms. The van der Waals surface area contributed by atoms with Gasteiger partial charge in [-0.3, -0.25) is 0 Å². The van der Waals surface area contributed by atoms with E-state index in [0.29, 0.717) is 6.61 Å². The highest BCUT2D eigenvalue weighted by Crippen LogP contribution is 2.22. The van der Waals surface area contributed by atoms with Crippen molar-refractivity contribution in [1.29, 1.82) is 0 Å². The van der Waals surface area contributed by atoms with E-state index in [4.69, 9.17) is 4.74 Å². The van der Waals surface area contributed by atoms with Gasteiger partial charge in [-0.1, -0.05) is 22.0 Å². The molecule has 3 nitrogen and oxygen atoms in total. The number of ether oxygens (including phenoxy) is 1. The highest BCUT2D eigenvalue weighted by molar-refractivity contribution is 9.10. The molecular weight excluding hydrogens is 304 g/mol. The fourth-order valence-electron chi connectivity index (χ4n) is 1.70. The number of aryl methyl sites for hydroxylation is 1. The summed E-state index contributed by atoms with van der Waals surface area (Å²) in [6, 6.07) is 11.9. The number of aromatic nitrogens is 1. The number of pyridine rings is 1. The number of hydrogen-bond donors (Lipinski definition) is 1. The first-order chi connectivity index (χ1) is 9.19. The Balaban J connectivity index is 2.01. The summed E-state index contributed by atoms with van der Waals surface area (Å²) in [5.41, 5.74) is 2.07. The van der Waals surface area contributed by atoms with Gasteiger partial charge >= 0.3 is 0 Å². The van der Waals surface area contributed by atoms with E-state index in [-0.39, 0.29) is 0 Å². The molecule has 100 valence electrons. The van der Waals surface area contributed by atoms with E-state index in [1.165, 1.54) is 0 Å². The maximum Gasteiger partial charge on any atom is 0.130 e. The van der Waals surface area contributed by atoms with Crippen LogP contribution in [0.3, 0.4) is 0 Å². The molecule has 0 bridgehead atoms. The van der Waals surface area contributed by atoms with Crippen LogP contribution >= 0.6 is 15.9 Å². The second-order valence-electron chi connectivity index (χ2n) is 4.24. The zero-order chi connectivity index (χ0) is 13.7. The monoisotopic (exact) mass is 320 g/mol. The van der Waals surface area contributed by atoms with Crippen LogP contribution in [0.4, 0.5) is 5.82 Å². The lowest BCUT2D eigenvalue weighted by atomic mass is 10.2. The van der Waals surface area contributed by atoms with Crippen molar-refractivity contribution in [3.63, 3.8) is 0 Å². The van der Waals surface area contributed by atoms with Gasteiger partial charge in [-0.15, -0.1) is 0 Å². The first kappa shape index (κ1) is 13.9. The zero-order valence-electron chi connectivity index (χ0n) is 11.1. The van der Waals surface area contributed by atoms with E-state index in [1.807, 2.05) is 43.3 Å². The molecule has 0 radical (unpaired) electrons. The van der Waals surface area contributed by atoms with Gasteiger partial charge in [0.2, 0.25) is 0 Å². The number of nitrogens with one attached hydrogen (secondary N) is 1. The number of rotatable bonds is 5. The van der Waals surface area contributed by atoms with Crippen molar-refractivity contribution in [1.82, 2.24) is 4.98 Å². The summed E-state index contributed by atoms with van der Waals surface area (Å²) in [5.74, 6) is 1.74. The van der Waals surface area contributed by atoms with Gasteiger partial charge < -0.3 is 10.1 Å². The third-order valence-electron chi connectivity index (χ3n) is 2.68. The molecule has 0 aliphatic carbocycles. The van der Waals surface area contributed by atoms with Gasteiger partial charge in [-0.2, -0.15) is 0 Å². The minimum absolute atomic E-state index is 0.473. The molecular formula is C15H17BrN2O. The predicted molar refractivity (Wildman–Crippen MR) is 81.6 cm³/mol. The predicted octanol–water partition coefficient (Wildman–Crippen LogP) is 4.16. The van der Waals surface area contributed by atoms with Crippen molar-refractivity contribution in [3.8, 4) is 5.75 Å². The fraction of sp³-hybridized carbons (Fsp3) is 0.267. The minimum Gasteiger partial charge on any atom is -0.487 e. The summed E-state index contributed by atoms with van der Waals surface area (Å²) in [5, 5.41) is 3.19. The molecule has 1 aromatic carbocycles. The Labute approximate surface area is 122 Å². The third-order valence-corrected chi connectivity index (χ3v) is 3.57. The summed E-state index contributed by atoms with van der Waals surface area (Å²) < 4.78 is 6.84. The van der Waals surface area contributed by atoms with Gasteiger partial charge in [0, 0.05) is 11.0 Å². The Hall–Kier alpha value is -1.55. The second kappa shape index (κ2) is 6.57. The highest BCUT2D eigenvalue weighted by atomic mass is 79.9. The normalized spacial score (nSPS) is 10.3. The summed E-state index contributed by atoms with van der Waals surface area (Å²) in [7, 11) is 0. The molecule has 0 saturated carbocycles. The van der Waals surface area contributed by atoms with E-state index in [0.717, 1.165) is 33.8 Å². The number of benzene rings is 1. The topological polar surface area (TPSA) is 34.1 Å². The third kappa shape index (κ3) is 3.96. The molecule has 1 aromatic heterocycles. The summed E-state index contributed by atoms with van der Waals surface area (Å²) in [4.78, 5) is 4.47. The molecule has 2 rings (SSSR count). The van der Waals surface area contributed by atoms with Crippen LogP contribution in [0.1, 0.15) is 18.2 Å². The molecule has 0 aliphatic heterocycles. The van der Waals surface area contributed by atoms with Crippen LogP contribution in [0, 0.1) is 6.92 Å². The van der Waals surface area contributed by atoms with Gasteiger partial charge in [0.05, 0.1) is 5.69 Å².